The Morgan fingerprint density at radius 3 is 2.82 bits per heavy atom. The monoisotopic (exact) mass is 464 g/mol. The molecule has 0 unspecified atom stereocenters. The summed E-state index contributed by atoms with van der Waals surface area (Å²) in [6.07, 6.45) is 4.88. The molecule has 6 nitrogen and oxygen atoms in total. The van der Waals surface area contributed by atoms with Crippen LogP contribution >= 0.6 is 11.3 Å². The number of carbonyl (C=O) groups excluding carboxylic acids is 1. The van der Waals surface area contributed by atoms with E-state index >= 15 is 0 Å². The smallest absolute Gasteiger partial charge is 0.273 e. The first kappa shape index (κ1) is 23.4. The van der Waals surface area contributed by atoms with Gasteiger partial charge in [0.15, 0.2) is 0 Å². The van der Waals surface area contributed by atoms with E-state index in [0.717, 1.165) is 61.9 Å². The van der Waals surface area contributed by atoms with Crippen LogP contribution in [0.4, 0.5) is 0 Å². The van der Waals surface area contributed by atoms with Crippen molar-refractivity contribution in [2.75, 3.05) is 33.3 Å². The zero-order valence-electron chi connectivity index (χ0n) is 19.4. The Kier molecular flexibility index (Phi) is 8.07. The first-order valence-electron chi connectivity index (χ1n) is 11.6. The molecule has 1 aliphatic heterocycles. The average Bonchev–Trinajstić information content (AvgIpc) is 3.29. The van der Waals surface area contributed by atoms with E-state index in [1.165, 1.54) is 16.9 Å². The molecule has 1 amide bonds. The van der Waals surface area contributed by atoms with Gasteiger partial charge in [-0.05, 0) is 56.6 Å². The number of thiazole rings is 1. The molecule has 3 aromatic rings. The molecule has 0 N–H and O–H groups in total. The van der Waals surface area contributed by atoms with Crippen molar-refractivity contribution in [1.29, 1.82) is 0 Å². The highest BCUT2D eigenvalue weighted by Crippen LogP contribution is 2.21. The van der Waals surface area contributed by atoms with Gasteiger partial charge in [0.2, 0.25) is 0 Å². The summed E-state index contributed by atoms with van der Waals surface area (Å²) in [6.45, 7) is 5.95. The predicted octanol–water partition coefficient (Wildman–Crippen LogP) is 4.45. The molecule has 0 bridgehead atoms. The summed E-state index contributed by atoms with van der Waals surface area (Å²) >= 11 is 1.52. The molecule has 2 aromatic heterocycles. The molecule has 1 fully saturated rings. The summed E-state index contributed by atoms with van der Waals surface area (Å²) in [6, 6.07) is 14.4. The number of nitrogens with zero attached hydrogens (tertiary/aromatic N) is 4. The van der Waals surface area contributed by atoms with Crippen LogP contribution in [0.15, 0.2) is 54.0 Å². The SMILES string of the molecule is Cc1nc(C(=O)N2CCC[C@H](COc3ccc(CN(C)CCc4ccccn4)cc3)C2)cs1. The van der Waals surface area contributed by atoms with Gasteiger partial charge < -0.3 is 14.5 Å². The number of aromatic nitrogens is 2. The number of likely N-dealkylation sites (N-methyl/N-ethyl adjacent to an activating group) is 1. The van der Waals surface area contributed by atoms with Crippen LogP contribution in [0.5, 0.6) is 5.75 Å². The Morgan fingerprint density at radius 2 is 2.09 bits per heavy atom. The Hall–Kier alpha value is -2.77. The second kappa shape index (κ2) is 11.4. The van der Waals surface area contributed by atoms with Crippen LogP contribution in [0.2, 0.25) is 0 Å². The number of pyridine rings is 1. The predicted molar refractivity (Wildman–Crippen MR) is 132 cm³/mol. The second-order valence-corrected chi connectivity index (χ2v) is 9.84. The number of likely N-dealkylation sites (tertiary alicyclic amines) is 1. The van der Waals surface area contributed by atoms with Crippen LogP contribution in [0.1, 0.15) is 39.6 Å². The minimum atomic E-state index is 0.0422. The average molecular weight is 465 g/mol. The summed E-state index contributed by atoms with van der Waals surface area (Å²) in [5.74, 6) is 1.27. The summed E-state index contributed by atoms with van der Waals surface area (Å²) in [5, 5.41) is 2.79. The zero-order chi connectivity index (χ0) is 23.0. The molecule has 33 heavy (non-hydrogen) atoms. The van der Waals surface area contributed by atoms with Gasteiger partial charge in [-0.1, -0.05) is 18.2 Å². The number of benzene rings is 1. The number of aryl methyl sites for hydroxylation is 1. The number of hydrogen-bond donors (Lipinski definition) is 0. The Morgan fingerprint density at radius 1 is 1.24 bits per heavy atom. The summed E-state index contributed by atoms with van der Waals surface area (Å²) < 4.78 is 6.08. The molecule has 4 rings (SSSR count). The van der Waals surface area contributed by atoms with Gasteiger partial charge in [0, 0.05) is 55.8 Å². The topological polar surface area (TPSA) is 58.6 Å². The van der Waals surface area contributed by atoms with Crippen molar-refractivity contribution < 1.29 is 9.53 Å². The first-order valence-corrected chi connectivity index (χ1v) is 12.5. The molecule has 7 heteroatoms. The van der Waals surface area contributed by atoms with Crippen LogP contribution in [-0.2, 0) is 13.0 Å². The second-order valence-electron chi connectivity index (χ2n) is 8.77. The highest BCUT2D eigenvalue weighted by molar-refractivity contribution is 7.09. The van der Waals surface area contributed by atoms with E-state index in [2.05, 4.69) is 40.1 Å². The van der Waals surface area contributed by atoms with Crippen molar-refractivity contribution >= 4 is 17.2 Å². The van der Waals surface area contributed by atoms with E-state index in [9.17, 15) is 4.79 Å². The number of piperidine rings is 1. The quantitative estimate of drug-likeness (QED) is 0.468. The van der Waals surface area contributed by atoms with Crippen LogP contribution < -0.4 is 4.74 Å². The lowest BCUT2D eigenvalue weighted by Crippen LogP contribution is -2.41. The minimum absolute atomic E-state index is 0.0422. The summed E-state index contributed by atoms with van der Waals surface area (Å²) in [4.78, 5) is 25.7. The molecule has 1 aromatic carbocycles. The zero-order valence-corrected chi connectivity index (χ0v) is 20.3. The lowest BCUT2D eigenvalue weighted by molar-refractivity contribution is 0.0628. The van der Waals surface area contributed by atoms with E-state index in [1.54, 1.807) is 0 Å². The largest absolute Gasteiger partial charge is 0.493 e. The van der Waals surface area contributed by atoms with Crippen LogP contribution in [-0.4, -0.2) is 59.0 Å². The van der Waals surface area contributed by atoms with Crippen molar-refractivity contribution in [2.24, 2.45) is 5.92 Å². The molecule has 0 aliphatic carbocycles. The Balaban J connectivity index is 1.21. The molecule has 1 atom stereocenters. The molecular weight excluding hydrogens is 432 g/mol. The molecule has 1 aliphatic rings. The maximum Gasteiger partial charge on any atom is 0.273 e. The molecule has 0 spiro atoms. The maximum atomic E-state index is 12.7. The van der Waals surface area contributed by atoms with E-state index < -0.39 is 0 Å². The van der Waals surface area contributed by atoms with E-state index in [4.69, 9.17) is 4.74 Å². The minimum Gasteiger partial charge on any atom is -0.493 e. The number of carbonyl (C=O) groups is 1. The lowest BCUT2D eigenvalue weighted by Gasteiger charge is -2.32. The fourth-order valence-corrected chi connectivity index (χ4v) is 4.74. The van der Waals surface area contributed by atoms with Crippen molar-refractivity contribution in [3.63, 3.8) is 0 Å². The van der Waals surface area contributed by atoms with Crippen molar-refractivity contribution in [3.8, 4) is 5.75 Å². The van der Waals surface area contributed by atoms with Crippen molar-refractivity contribution in [3.05, 3.63) is 76.0 Å². The highest BCUT2D eigenvalue weighted by Gasteiger charge is 2.26. The lowest BCUT2D eigenvalue weighted by atomic mass is 9.98. The third-order valence-electron chi connectivity index (χ3n) is 5.98. The van der Waals surface area contributed by atoms with Gasteiger partial charge in [0.05, 0.1) is 11.6 Å². The third kappa shape index (κ3) is 6.85. The number of rotatable bonds is 9. The molecule has 1 saturated heterocycles. The van der Waals surface area contributed by atoms with Gasteiger partial charge >= 0.3 is 0 Å². The maximum absolute atomic E-state index is 12.7. The summed E-state index contributed by atoms with van der Waals surface area (Å²) in [7, 11) is 2.14. The van der Waals surface area contributed by atoms with Gasteiger partial charge in [0.25, 0.3) is 5.91 Å². The van der Waals surface area contributed by atoms with E-state index in [0.29, 0.717) is 18.2 Å². The highest BCUT2D eigenvalue weighted by atomic mass is 32.1. The fraction of sp³-hybridized carbons (Fsp3) is 0.423. The molecule has 174 valence electrons. The van der Waals surface area contributed by atoms with Gasteiger partial charge in [-0.2, -0.15) is 0 Å². The number of ether oxygens (including phenoxy) is 1. The number of amides is 1. The van der Waals surface area contributed by atoms with Gasteiger partial charge in [0.1, 0.15) is 11.4 Å². The van der Waals surface area contributed by atoms with Crippen LogP contribution in [0.3, 0.4) is 0 Å². The Bertz CT molecular complexity index is 1020. The van der Waals surface area contributed by atoms with Crippen molar-refractivity contribution in [2.45, 2.75) is 32.7 Å². The van der Waals surface area contributed by atoms with Crippen LogP contribution in [0.25, 0.3) is 0 Å². The van der Waals surface area contributed by atoms with Gasteiger partial charge in [-0.25, -0.2) is 4.98 Å². The normalized spacial score (nSPS) is 16.2. The molecule has 3 heterocycles. The number of hydrogen-bond acceptors (Lipinski definition) is 6. The Labute approximate surface area is 200 Å². The van der Waals surface area contributed by atoms with Gasteiger partial charge in [-0.3, -0.25) is 9.78 Å². The summed E-state index contributed by atoms with van der Waals surface area (Å²) in [5.41, 5.74) is 2.95. The van der Waals surface area contributed by atoms with Gasteiger partial charge in [-0.15, -0.1) is 11.3 Å². The van der Waals surface area contributed by atoms with Crippen LogP contribution in [0, 0.1) is 12.8 Å². The molecular formula is C26H32N4O2S. The van der Waals surface area contributed by atoms with E-state index in [1.807, 2.05) is 47.7 Å². The van der Waals surface area contributed by atoms with Crippen molar-refractivity contribution in [1.82, 2.24) is 19.8 Å². The standard InChI is InChI=1S/C26H32N4O2S/c1-20-28-25(19-33-20)26(31)30-14-5-6-22(17-30)18-32-24-10-8-21(9-11-24)16-29(2)15-12-23-7-3-4-13-27-23/h3-4,7-11,13,19,22H,5-6,12,14-18H2,1-2H3/t22-/m0/s1. The molecule has 0 saturated carbocycles. The first-order chi connectivity index (χ1) is 16.1. The van der Waals surface area contributed by atoms with E-state index in [-0.39, 0.29) is 5.91 Å². The molecule has 0 radical (unpaired) electrons. The third-order valence-corrected chi connectivity index (χ3v) is 6.76. The fourth-order valence-electron chi connectivity index (χ4n) is 4.16.